The van der Waals surface area contributed by atoms with E-state index in [-0.39, 0.29) is 6.04 Å². The first-order valence-electron chi connectivity index (χ1n) is 8.97. The molecule has 0 radical (unpaired) electrons. The summed E-state index contributed by atoms with van der Waals surface area (Å²) in [6.45, 7) is 2.79. The molecule has 7 heteroatoms. The first-order valence-corrected chi connectivity index (χ1v) is 8.97. The van der Waals surface area contributed by atoms with Gasteiger partial charge in [0, 0.05) is 24.9 Å². The van der Waals surface area contributed by atoms with Gasteiger partial charge in [-0.05, 0) is 51.9 Å². The van der Waals surface area contributed by atoms with Gasteiger partial charge in [0.2, 0.25) is 5.95 Å². The van der Waals surface area contributed by atoms with Crippen LogP contribution in [0.5, 0.6) is 0 Å². The Kier molecular flexibility index (Phi) is 5.50. The molecular formula is C17H27N5O2. The average molecular weight is 333 g/mol. The summed E-state index contributed by atoms with van der Waals surface area (Å²) in [7, 11) is 0. The van der Waals surface area contributed by atoms with Crippen molar-refractivity contribution in [1.82, 2.24) is 9.97 Å². The highest BCUT2D eigenvalue weighted by Crippen LogP contribution is 2.26. The van der Waals surface area contributed by atoms with Crippen LogP contribution in [0.3, 0.4) is 0 Å². The predicted octanol–water partition coefficient (Wildman–Crippen LogP) is 2.30. The summed E-state index contributed by atoms with van der Waals surface area (Å²) in [6, 6.07) is 0.727. The molecule has 0 atom stereocenters. The largest absolute Gasteiger partial charge is 0.379 e. The van der Waals surface area contributed by atoms with Crippen LogP contribution in [0.15, 0.2) is 6.20 Å². The normalized spacial score (nSPS) is 24.2. The van der Waals surface area contributed by atoms with Gasteiger partial charge in [0.05, 0.1) is 11.7 Å². The number of hydrogen-bond acceptors (Lipinski definition) is 6. The molecule has 4 N–H and O–H groups in total. The summed E-state index contributed by atoms with van der Waals surface area (Å²) >= 11 is 0. The summed E-state index contributed by atoms with van der Waals surface area (Å²) in [5.74, 6) is 0.602. The smallest absolute Gasteiger partial charge is 0.254 e. The molecule has 2 aliphatic rings. The van der Waals surface area contributed by atoms with Crippen molar-refractivity contribution < 1.29 is 9.53 Å². The van der Waals surface area contributed by atoms with E-state index in [2.05, 4.69) is 20.6 Å². The van der Waals surface area contributed by atoms with Gasteiger partial charge in [0.25, 0.3) is 5.91 Å². The van der Waals surface area contributed by atoms with E-state index in [0.29, 0.717) is 29.5 Å². The summed E-state index contributed by atoms with van der Waals surface area (Å²) in [5.41, 5.74) is 5.82. The highest BCUT2D eigenvalue weighted by molar-refractivity contribution is 5.97. The second-order valence-corrected chi connectivity index (χ2v) is 6.67. The van der Waals surface area contributed by atoms with Crippen LogP contribution in [0.25, 0.3) is 0 Å². The SMILES string of the molecule is CCO[C@H]1CC[C@@H](Nc2nc(NC3CCC3)ncc2C(N)=O)CC1. The first-order chi connectivity index (χ1) is 11.7. The van der Waals surface area contributed by atoms with Crippen molar-refractivity contribution in [2.24, 2.45) is 5.73 Å². The summed E-state index contributed by atoms with van der Waals surface area (Å²) in [6.07, 6.45) is 9.44. The van der Waals surface area contributed by atoms with Crippen molar-refractivity contribution in [2.45, 2.75) is 70.1 Å². The lowest BCUT2D eigenvalue weighted by molar-refractivity contribution is 0.0346. The van der Waals surface area contributed by atoms with Crippen LogP contribution < -0.4 is 16.4 Å². The maximum absolute atomic E-state index is 11.7. The van der Waals surface area contributed by atoms with Gasteiger partial charge in [-0.3, -0.25) is 4.79 Å². The van der Waals surface area contributed by atoms with E-state index < -0.39 is 5.91 Å². The van der Waals surface area contributed by atoms with Gasteiger partial charge in [-0.25, -0.2) is 4.98 Å². The van der Waals surface area contributed by atoms with E-state index in [1.165, 1.54) is 12.6 Å². The van der Waals surface area contributed by atoms with Gasteiger partial charge >= 0.3 is 0 Å². The number of nitrogens with zero attached hydrogens (tertiary/aromatic N) is 2. The van der Waals surface area contributed by atoms with Gasteiger partial charge < -0.3 is 21.1 Å². The van der Waals surface area contributed by atoms with E-state index in [1.807, 2.05) is 6.92 Å². The molecule has 2 aliphatic carbocycles. The number of carbonyl (C=O) groups is 1. The summed E-state index contributed by atoms with van der Waals surface area (Å²) < 4.78 is 5.69. The van der Waals surface area contributed by atoms with E-state index in [0.717, 1.165) is 45.1 Å². The van der Waals surface area contributed by atoms with Gasteiger partial charge in [-0.1, -0.05) is 0 Å². The molecule has 1 amide bonds. The minimum atomic E-state index is -0.504. The molecule has 24 heavy (non-hydrogen) atoms. The molecule has 1 aromatic heterocycles. The Hall–Kier alpha value is -1.89. The number of nitrogens with two attached hydrogens (primary N) is 1. The van der Waals surface area contributed by atoms with E-state index in [9.17, 15) is 4.79 Å². The van der Waals surface area contributed by atoms with Crippen LogP contribution in [0.1, 0.15) is 62.2 Å². The van der Waals surface area contributed by atoms with Crippen LogP contribution in [0.4, 0.5) is 11.8 Å². The summed E-state index contributed by atoms with van der Waals surface area (Å²) in [4.78, 5) is 20.4. The van der Waals surface area contributed by atoms with Crippen LogP contribution in [-0.2, 0) is 4.74 Å². The number of carbonyl (C=O) groups excluding carboxylic acids is 1. The molecule has 132 valence electrons. The molecule has 3 rings (SSSR count). The zero-order valence-corrected chi connectivity index (χ0v) is 14.3. The number of anilines is 2. The highest BCUT2D eigenvalue weighted by atomic mass is 16.5. The quantitative estimate of drug-likeness (QED) is 0.707. The van der Waals surface area contributed by atoms with E-state index in [4.69, 9.17) is 10.5 Å². The zero-order chi connectivity index (χ0) is 16.9. The second-order valence-electron chi connectivity index (χ2n) is 6.67. The highest BCUT2D eigenvalue weighted by Gasteiger charge is 2.24. The van der Waals surface area contributed by atoms with Gasteiger partial charge in [0.1, 0.15) is 5.82 Å². The minimum absolute atomic E-state index is 0.284. The maximum atomic E-state index is 11.7. The molecule has 2 saturated carbocycles. The Morgan fingerprint density at radius 1 is 1.21 bits per heavy atom. The third-order valence-electron chi connectivity index (χ3n) is 4.91. The van der Waals surface area contributed by atoms with Crippen LogP contribution in [0, 0.1) is 0 Å². The lowest BCUT2D eigenvalue weighted by Crippen LogP contribution is -2.32. The Morgan fingerprint density at radius 2 is 1.92 bits per heavy atom. The van der Waals surface area contributed by atoms with Crippen molar-refractivity contribution in [3.8, 4) is 0 Å². The van der Waals surface area contributed by atoms with E-state index >= 15 is 0 Å². The number of hydrogen-bond donors (Lipinski definition) is 3. The molecule has 1 heterocycles. The zero-order valence-electron chi connectivity index (χ0n) is 14.3. The van der Waals surface area contributed by atoms with Crippen molar-refractivity contribution >= 4 is 17.7 Å². The number of amides is 1. The molecule has 2 fully saturated rings. The van der Waals surface area contributed by atoms with Crippen LogP contribution >= 0.6 is 0 Å². The predicted molar refractivity (Wildman–Crippen MR) is 93.1 cm³/mol. The summed E-state index contributed by atoms with van der Waals surface area (Å²) in [5, 5.41) is 6.71. The molecule has 7 nitrogen and oxygen atoms in total. The average Bonchev–Trinajstić information content (AvgIpc) is 2.53. The number of primary amides is 1. The molecule has 0 unspecified atom stereocenters. The molecule has 0 spiro atoms. The molecule has 1 aromatic rings. The van der Waals surface area contributed by atoms with Crippen molar-refractivity contribution in [1.29, 1.82) is 0 Å². The van der Waals surface area contributed by atoms with Crippen molar-refractivity contribution in [3.05, 3.63) is 11.8 Å². The Morgan fingerprint density at radius 3 is 2.50 bits per heavy atom. The fourth-order valence-electron chi connectivity index (χ4n) is 3.28. The maximum Gasteiger partial charge on any atom is 0.254 e. The van der Waals surface area contributed by atoms with Gasteiger partial charge in [-0.15, -0.1) is 0 Å². The molecular weight excluding hydrogens is 306 g/mol. The molecule has 0 aliphatic heterocycles. The number of aromatic nitrogens is 2. The third-order valence-corrected chi connectivity index (χ3v) is 4.91. The molecule has 0 bridgehead atoms. The monoisotopic (exact) mass is 333 g/mol. The van der Waals surface area contributed by atoms with Crippen molar-refractivity contribution in [2.75, 3.05) is 17.2 Å². The van der Waals surface area contributed by atoms with E-state index in [1.54, 1.807) is 0 Å². The Bertz CT molecular complexity index is 568. The topological polar surface area (TPSA) is 102 Å². The molecule has 0 aromatic carbocycles. The first kappa shape index (κ1) is 17.0. The number of ether oxygens (including phenoxy) is 1. The Labute approximate surface area is 142 Å². The van der Waals surface area contributed by atoms with Crippen LogP contribution in [0.2, 0.25) is 0 Å². The minimum Gasteiger partial charge on any atom is -0.379 e. The van der Waals surface area contributed by atoms with Gasteiger partial charge in [0.15, 0.2) is 0 Å². The second kappa shape index (κ2) is 7.79. The standard InChI is InChI=1S/C17H27N5O2/c1-2-24-13-8-6-12(7-9-13)20-16-14(15(18)23)10-19-17(22-16)21-11-4-3-5-11/h10-13H,2-9H2,1H3,(H2,18,23)(H2,19,20,21,22)/t12-,13+. The fourth-order valence-corrected chi connectivity index (χ4v) is 3.28. The lowest BCUT2D eigenvalue weighted by atomic mass is 9.93. The van der Waals surface area contributed by atoms with Crippen molar-refractivity contribution in [3.63, 3.8) is 0 Å². The molecule has 0 saturated heterocycles. The number of nitrogens with one attached hydrogen (secondary N) is 2. The number of rotatable bonds is 7. The third kappa shape index (κ3) is 4.14. The Balaban J connectivity index is 1.65. The lowest BCUT2D eigenvalue weighted by Gasteiger charge is -2.30. The van der Waals surface area contributed by atoms with Gasteiger partial charge in [-0.2, -0.15) is 4.98 Å². The fraction of sp³-hybridized carbons (Fsp3) is 0.706. The van der Waals surface area contributed by atoms with Crippen LogP contribution in [-0.4, -0.2) is 40.7 Å².